The van der Waals surface area contributed by atoms with Crippen LogP contribution in [0, 0.1) is 11.3 Å². The Kier molecular flexibility index (Phi) is 3.91. The van der Waals surface area contributed by atoms with Gasteiger partial charge in [-0.05, 0) is 50.1 Å². The van der Waals surface area contributed by atoms with Gasteiger partial charge in [-0.3, -0.25) is 4.90 Å². The standard InChI is InChI=1S/C14H28N2/c1-3-14(2,10-15)11-16-9-8-12-6-4-5-7-13(12)16/h12-13H,3-11,15H2,1-2H3. The van der Waals surface area contributed by atoms with E-state index >= 15 is 0 Å². The lowest BCUT2D eigenvalue weighted by molar-refractivity contribution is 0.120. The molecule has 1 heterocycles. The summed E-state index contributed by atoms with van der Waals surface area (Å²) < 4.78 is 0. The van der Waals surface area contributed by atoms with Crippen molar-refractivity contribution in [2.24, 2.45) is 17.1 Å². The predicted octanol–water partition coefficient (Wildman–Crippen LogP) is 2.63. The van der Waals surface area contributed by atoms with E-state index in [2.05, 4.69) is 18.7 Å². The Hall–Kier alpha value is -0.0800. The molecule has 2 rings (SSSR count). The second-order valence-electron chi connectivity index (χ2n) is 6.24. The predicted molar refractivity (Wildman–Crippen MR) is 69.4 cm³/mol. The van der Waals surface area contributed by atoms with Crippen LogP contribution in [-0.2, 0) is 0 Å². The zero-order valence-corrected chi connectivity index (χ0v) is 11.0. The number of nitrogens with two attached hydrogens (primary N) is 1. The third-order valence-corrected chi connectivity index (χ3v) is 5.06. The Morgan fingerprint density at radius 2 is 2.00 bits per heavy atom. The van der Waals surface area contributed by atoms with Gasteiger partial charge in [-0.2, -0.15) is 0 Å². The third kappa shape index (κ3) is 2.43. The van der Waals surface area contributed by atoms with Gasteiger partial charge in [0.2, 0.25) is 0 Å². The molecular weight excluding hydrogens is 196 g/mol. The van der Waals surface area contributed by atoms with Crippen LogP contribution in [0.4, 0.5) is 0 Å². The smallest absolute Gasteiger partial charge is 0.0124 e. The summed E-state index contributed by atoms with van der Waals surface area (Å²) in [6, 6.07) is 0.895. The molecule has 0 radical (unpaired) electrons. The molecule has 94 valence electrons. The van der Waals surface area contributed by atoms with Crippen molar-refractivity contribution in [1.82, 2.24) is 4.90 Å². The molecule has 1 aliphatic carbocycles. The highest BCUT2D eigenvalue weighted by atomic mass is 15.2. The number of rotatable bonds is 4. The SMILES string of the molecule is CCC(C)(CN)CN1CCC2CCCCC21. The normalized spacial score (nSPS) is 34.7. The Morgan fingerprint density at radius 3 is 2.69 bits per heavy atom. The highest BCUT2D eigenvalue weighted by Gasteiger charge is 2.38. The molecule has 16 heavy (non-hydrogen) atoms. The fourth-order valence-electron chi connectivity index (χ4n) is 3.51. The molecule has 0 aromatic carbocycles. The average Bonchev–Trinajstić information content (AvgIpc) is 2.73. The molecule has 0 aromatic rings. The summed E-state index contributed by atoms with van der Waals surface area (Å²) in [5, 5.41) is 0. The summed E-state index contributed by atoms with van der Waals surface area (Å²) in [5.74, 6) is 1.01. The zero-order valence-electron chi connectivity index (χ0n) is 11.0. The van der Waals surface area contributed by atoms with Crippen molar-refractivity contribution in [3.8, 4) is 0 Å². The molecule has 0 bridgehead atoms. The van der Waals surface area contributed by atoms with Crippen molar-refractivity contribution in [1.29, 1.82) is 0 Å². The summed E-state index contributed by atoms with van der Waals surface area (Å²) in [4.78, 5) is 2.75. The van der Waals surface area contributed by atoms with Gasteiger partial charge >= 0.3 is 0 Å². The Labute approximate surface area is 101 Å². The Balaban J connectivity index is 1.95. The molecule has 0 aromatic heterocycles. The number of hydrogen-bond donors (Lipinski definition) is 1. The number of hydrogen-bond acceptors (Lipinski definition) is 2. The number of nitrogens with zero attached hydrogens (tertiary/aromatic N) is 1. The lowest BCUT2D eigenvalue weighted by atomic mass is 9.83. The Bertz CT molecular complexity index is 223. The molecule has 2 heteroatoms. The summed E-state index contributed by atoms with van der Waals surface area (Å²) in [7, 11) is 0. The lowest BCUT2D eigenvalue weighted by Gasteiger charge is -2.37. The van der Waals surface area contributed by atoms with E-state index in [1.165, 1.54) is 51.6 Å². The van der Waals surface area contributed by atoms with Crippen LogP contribution >= 0.6 is 0 Å². The maximum absolute atomic E-state index is 5.94. The van der Waals surface area contributed by atoms with E-state index in [0.717, 1.165) is 18.5 Å². The molecule has 1 saturated carbocycles. The van der Waals surface area contributed by atoms with Crippen LogP contribution in [0.15, 0.2) is 0 Å². The monoisotopic (exact) mass is 224 g/mol. The van der Waals surface area contributed by atoms with Crippen molar-refractivity contribution in [3.05, 3.63) is 0 Å². The molecule has 1 saturated heterocycles. The van der Waals surface area contributed by atoms with Crippen LogP contribution in [0.5, 0.6) is 0 Å². The zero-order chi connectivity index (χ0) is 11.6. The van der Waals surface area contributed by atoms with Gasteiger partial charge in [-0.25, -0.2) is 0 Å². The van der Waals surface area contributed by atoms with Crippen LogP contribution in [0.3, 0.4) is 0 Å². The summed E-state index contributed by atoms with van der Waals surface area (Å²) in [5.41, 5.74) is 6.28. The van der Waals surface area contributed by atoms with Gasteiger partial charge in [0.25, 0.3) is 0 Å². The van der Waals surface area contributed by atoms with Crippen LogP contribution in [0.2, 0.25) is 0 Å². The first-order valence-electron chi connectivity index (χ1n) is 7.12. The van der Waals surface area contributed by atoms with E-state index in [1.54, 1.807) is 0 Å². The Morgan fingerprint density at radius 1 is 1.25 bits per heavy atom. The molecule has 2 N–H and O–H groups in total. The van der Waals surface area contributed by atoms with Gasteiger partial charge in [-0.1, -0.05) is 26.7 Å². The minimum absolute atomic E-state index is 0.340. The third-order valence-electron chi connectivity index (χ3n) is 5.06. The average molecular weight is 224 g/mol. The fraction of sp³-hybridized carbons (Fsp3) is 1.00. The van der Waals surface area contributed by atoms with Gasteiger partial charge in [0.05, 0.1) is 0 Å². The van der Waals surface area contributed by atoms with Gasteiger partial charge in [-0.15, -0.1) is 0 Å². The van der Waals surface area contributed by atoms with Crippen LogP contribution in [0.1, 0.15) is 52.4 Å². The van der Waals surface area contributed by atoms with Crippen LogP contribution < -0.4 is 5.73 Å². The largest absolute Gasteiger partial charge is 0.330 e. The number of fused-ring (bicyclic) bond motifs is 1. The second-order valence-corrected chi connectivity index (χ2v) is 6.24. The van der Waals surface area contributed by atoms with Crippen molar-refractivity contribution in [2.45, 2.75) is 58.4 Å². The van der Waals surface area contributed by atoms with Crippen molar-refractivity contribution >= 4 is 0 Å². The highest BCUT2D eigenvalue weighted by molar-refractivity contribution is 4.92. The fourth-order valence-corrected chi connectivity index (χ4v) is 3.51. The topological polar surface area (TPSA) is 29.3 Å². The van der Waals surface area contributed by atoms with Crippen LogP contribution in [-0.4, -0.2) is 30.6 Å². The minimum Gasteiger partial charge on any atom is -0.330 e. The van der Waals surface area contributed by atoms with E-state index < -0.39 is 0 Å². The first-order valence-corrected chi connectivity index (χ1v) is 7.12. The lowest BCUT2D eigenvalue weighted by Crippen LogP contribution is -2.44. The van der Waals surface area contributed by atoms with Crippen molar-refractivity contribution < 1.29 is 0 Å². The maximum Gasteiger partial charge on any atom is 0.0124 e. The maximum atomic E-state index is 5.94. The summed E-state index contributed by atoms with van der Waals surface area (Å²) >= 11 is 0. The minimum atomic E-state index is 0.340. The first kappa shape index (κ1) is 12.4. The molecule has 3 unspecified atom stereocenters. The van der Waals surface area contributed by atoms with E-state index in [1.807, 2.05) is 0 Å². The molecule has 0 spiro atoms. The summed E-state index contributed by atoms with van der Waals surface area (Å²) in [6.07, 6.45) is 8.48. The van der Waals surface area contributed by atoms with E-state index in [-0.39, 0.29) is 0 Å². The first-order chi connectivity index (χ1) is 7.68. The van der Waals surface area contributed by atoms with Crippen molar-refractivity contribution in [3.63, 3.8) is 0 Å². The molecule has 1 aliphatic heterocycles. The molecule has 0 amide bonds. The van der Waals surface area contributed by atoms with E-state index in [0.29, 0.717) is 5.41 Å². The second kappa shape index (κ2) is 5.05. The van der Waals surface area contributed by atoms with Gasteiger partial charge < -0.3 is 5.73 Å². The van der Waals surface area contributed by atoms with E-state index in [9.17, 15) is 0 Å². The van der Waals surface area contributed by atoms with Gasteiger partial charge in [0.15, 0.2) is 0 Å². The number of likely N-dealkylation sites (tertiary alicyclic amines) is 1. The summed E-state index contributed by atoms with van der Waals surface area (Å²) in [6.45, 7) is 8.01. The molecule has 2 nitrogen and oxygen atoms in total. The van der Waals surface area contributed by atoms with E-state index in [4.69, 9.17) is 5.73 Å². The molecule has 2 aliphatic rings. The van der Waals surface area contributed by atoms with Crippen molar-refractivity contribution in [2.75, 3.05) is 19.6 Å². The van der Waals surface area contributed by atoms with Gasteiger partial charge in [0.1, 0.15) is 0 Å². The molecular formula is C14H28N2. The highest BCUT2D eigenvalue weighted by Crippen LogP contribution is 2.37. The molecule has 3 atom stereocenters. The quantitative estimate of drug-likeness (QED) is 0.795. The molecule has 2 fully saturated rings. The van der Waals surface area contributed by atoms with Gasteiger partial charge in [0, 0.05) is 12.6 Å². The van der Waals surface area contributed by atoms with Crippen LogP contribution in [0.25, 0.3) is 0 Å².